The number of benzene rings is 1. The molecule has 9 heteroatoms. The summed E-state index contributed by atoms with van der Waals surface area (Å²) < 4.78 is 12.5. The second kappa shape index (κ2) is 9.01. The Morgan fingerprint density at radius 2 is 1.97 bits per heavy atom. The van der Waals surface area contributed by atoms with Gasteiger partial charge in [0.15, 0.2) is 5.75 Å². The van der Waals surface area contributed by atoms with Crippen molar-refractivity contribution in [2.45, 2.75) is 12.8 Å². The third-order valence-electron chi connectivity index (χ3n) is 6.09. The average Bonchev–Trinajstić information content (AvgIpc) is 3.20. The van der Waals surface area contributed by atoms with Gasteiger partial charge in [-0.3, -0.25) is 19.7 Å². The number of aryl methyl sites for hydroxylation is 1. The van der Waals surface area contributed by atoms with Gasteiger partial charge in [0.1, 0.15) is 0 Å². The fourth-order valence-corrected chi connectivity index (χ4v) is 4.42. The summed E-state index contributed by atoms with van der Waals surface area (Å²) in [5, 5.41) is 15.8. The SMILES string of the molecule is COc1cc(N2CCC(CN3CCOCC3)CC2)c(-c2cnn(C)c2)cc1[N+](=O)[O-]. The van der Waals surface area contributed by atoms with Crippen LogP contribution in [-0.4, -0.2) is 72.7 Å². The summed E-state index contributed by atoms with van der Waals surface area (Å²) in [5.74, 6) is 0.958. The number of ether oxygens (including phenoxy) is 2. The molecule has 30 heavy (non-hydrogen) atoms. The van der Waals surface area contributed by atoms with Crippen molar-refractivity contribution in [3.8, 4) is 16.9 Å². The van der Waals surface area contributed by atoms with Gasteiger partial charge in [0, 0.05) is 74.9 Å². The van der Waals surface area contributed by atoms with Gasteiger partial charge in [0.05, 0.1) is 31.4 Å². The zero-order valence-electron chi connectivity index (χ0n) is 17.6. The van der Waals surface area contributed by atoms with Gasteiger partial charge in [-0.25, -0.2) is 0 Å². The van der Waals surface area contributed by atoms with E-state index in [4.69, 9.17) is 9.47 Å². The minimum absolute atomic E-state index is 0.0256. The lowest BCUT2D eigenvalue weighted by Crippen LogP contribution is -2.43. The molecule has 2 fully saturated rings. The van der Waals surface area contributed by atoms with Crippen LogP contribution < -0.4 is 9.64 Å². The Labute approximate surface area is 176 Å². The maximum Gasteiger partial charge on any atom is 0.311 e. The number of hydrogen-bond acceptors (Lipinski definition) is 7. The molecule has 0 N–H and O–H groups in total. The van der Waals surface area contributed by atoms with Crippen molar-refractivity contribution >= 4 is 11.4 Å². The number of morpholine rings is 1. The molecule has 3 heterocycles. The third kappa shape index (κ3) is 4.41. The predicted octanol–water partition coefficient (Wildman–Crippen LogP) is 2.55. The smallest absolute Gasteiger partial charge is 0.311 e. The number of nitro benzene ring substituents is 1. The summed E-state index contributed by atoms with van der Waals surface area (Å²) in [6, 6.07) is 3.42. The highest BCUT2D eigenvalue weighted by Crippen LogP contribution is 2.41. The summed E-state index contributed by atoms with van der Waals surface area (Å²) in [4.78, 5) is 16.0. The molecule has 162 valence electrons. The van der Waals surface area contributed by atoms with Crippen LogP contribution in [0, 0.1) is 16.0 Å². The van der Waals surface area contributed by atoms with E-state index in [-0.39, 0.29) is 11.4 Å². The van der Waals surface area contributed by atoms with Crippen molar-refractivity contribution < 1.29 is 14.4 Å². The summed E-state index contributed by atoms with van der Waals surface area (Å²) in [5.41, 5.74) is 2.63. The van der Waals surface area contributed by atoms with Crippen LogP contribution in [0.25, 0.3) is 11.1 Å². The first kappa shape index (κ1) is 20.6. The van der Waals surface area contributed by atoms with E-state index in [0.29, 0.717) is 5.92 Å². The average molecular weight is 415 g/mol. The van der Waals surface area contributed by atoms with Crippen LogP contribution in [0.5, 0.6) is 5.75 Å². The van der Waals surface area contributed by atoms with Crippen LogP contribution in [0.4, 0.5) is 11.4 Å². The van der Waals surface area contributed by atoms with Gasteiger partial charge >= 0.3 is 5.69 Å². The lowest BCUT2D eigenvalue weighted by atomic mass is 9.94. The number of nitro groups is 1. The van der Waals surface area contributed by atoms with Gasteiger partial charge in [0.25, 0.3) is 0 Å². The molecule has 9 nitrogen and oxygen atoms in total. The maximum absolute atomic E-state index is 11.6. The van der Waals surface area contributed by atoms with E-state index < -0.39 is 4.92 Å². The van der Waals surface area contributed by atoms with E-state index in [0.717, 1.165) is 75.6 Å². The Bertz CT molecular complexity index is 886. The zero-order valence-corrected chi connectivity index (χ0v) is 17.6. The van der Waals surface area contributed by atoms with E-state index in [1.807, 2.05) is 19.3 Å². The van der Waals surface area contributed by atoms with E-state index in [2.05, 4.69) is 14.9 Å². The van der Waals surface area contributed by atoms with Crippen molar-refractivity contribution in [1.29, 1.82) is 0 Å². The van der Waals surface area contributed by atoms with Crippen molar-refractivity contribution in [2.75, 3.05) is 57.9 Å². The highest BCUT2D eigenvalue weighted by molar-refractivity contribution is 5.82. The number of hydrogen-bond donors (Lipinski definition) is 0. The highest BCUT2D eigenvalue weighted by atomic mass is 16.6. The number of rotatable bonds is 6. The van der Waals surface area contributed by atoms with Gasteiger partial charge in [-0.15, -0.1) is 0 Å². The molecular weight excluding hydrogens is 386 g/mol. The molecule has 2 aliphatic rings. The third-order valence-corrected chi connectivity index (χ3v) is 6.09. The summed E-state index contributed by atoms with van der Waals surface area (Å²) in [6.45, 7) is 6.66. The molecule has 2 saturated heterocycles. The molecule has 2 aliphatic heterocycles. The molecule has 0 aliphatic carbocycles. The van der Waals surface area contributed by atoms with Gasteiger partial charge < -0.3 is 14.4 Å². The number of anilines is 1. The molecule has 2 aromatic rings. The summed E-state index contributed by atoms with van der Waals surface area (Å²) in [7, 11) is 3.32. The summed E-state index contributed by atoms with van der Waals surface area (Å²) in [6.07, 6.45) is 5.84. The zero-order chi connectivity index (χ0) is 21.1. The van der Waals surface area contributed by atoms with Gasteiger partial charge in [-0.05, 0) is 18.8 Å². The Morgan fingerprint density at radius 1 is 1.23 bits per heavy atom. The van der Waals surface area contributed by atoms with Crippen LogP contribution in [-0.2, 0) is 11.8 Å². The second-order valence-electron chi connectivity index (χ2n) is 8.04. The van der Waals surface area contributed by atoms with Gasteiger partial charge in [-0.2, -0.15) is 5.10 Å². The molecule has 0 radical (unpaired) electrons. The van der Waals surface area contributed by atoms with E-state index in [1.54, 1.807) is 16.9 Å². The maximum atomic E-state index is 11.6. The molecule has 1 aromatic heterocycles. The Balaban J connectivity index is 1.56. The van der Waals surface area contributed by atoms with Crippen LogP contribution in [0.3, 0.4) is 0 Å². The lowest BCUT2D eigenvalue weighted by Gasteiger charge is -2.37. The number of methoxy groups -OCH3 is 1. The predicted molar refractivity (Wildman–Crippen MR) is 114 cm³/mol. The second-order valence-corrected chi connectivity index (χ2v) is 8.04. The van der Waals surface area contributed by atoms with Crippen LogP contribution >= 0.6 is 0 Å². The van der Waals surface area contributed by atoms with Crippen molar-refractivity contribution in [3.63, 3.8) is 0 Å². The highest BCUT2D eigenvalue weighted by Gasteiger charge is 2.27. The molecular formula is C21H29N5O4. The van der Waals surface area contributed by atoms with Gasteiger partial charge in [-0.1, -0.05) is 0 Å². The largest absolute Gasteiger partial charge is 0.490 e. The lowest BCUT2D eigenvalue weighted by molar-refractivity contribution is -0.385. The molecule has 0 saturated carbocycles. The van der Waals surface area contributed by atoms with Crippen LogP contribution in [0.15, 0.2) is 24.5 Å². The molecule has 0 spiro atoms. The van der Waals surface area contributed by atoms with Crippen molar-refractivity contribution in [3.05, 3.63) is 34.6 Å². The molecule has 4 rings (SSSR count). The van der Waals surface area contributed by atoms with E-state index in [9.17, 15) is 10.1 Å². The fourth-order valence-electron chi connectivity index (χ4n) is 4.42. The van der Waals surface area contributed by atoms with Crippen LogP contribution in [0.2, 0.25) is 0 Å². The van der Waals surface area contributed by atoms with E-state index in [1.165, 1.54) is 7.11 Å². The first-order chi connectivity index (χ1) is 14.5. The fraction of sp³-hybridized carbons (Fsp3) is 0.571. The summed E-state index contributed by atoms with van der Waals surface area (Å²) >= 11 is 0. The monoisotopic (exact) mass is 415 g/mol. The Hall–Kier alpha value is -2.65. The normalized spacial score (nSPS) is 18.5. The van der Waals surface area contributed by atoms with Crippen LogP contribution in [0.1, 0.15) is 12.8 Å². The van der Waals surface area contributed by atoms with Gasteiger partial charge in [0.2, 0.25) is 0 Å². The minimum Gasteiger partial charge on any atom is -0.490 e. The molecule has 0 amide bonds. The number of aromatic nitrogens is 2. The van der Waals surface area contributed by atoms with Crippen molar-refractivity contribution in [2.24, 2.45) is 13.0 Å². The topological polar surface area (TPSA) is 85.9 Å². The molecule has 1 aromatic carbocycles. The van der Waals surface area contributed by atoms with Crippen molar-refractivity contribution in [1.82, 2.24) is 14.7 Å². The standard InChI is InChI=1S/C21H29N5O4/c1-23-15-17(13-22-23)18-11-20(26(27)28)21(29-2)12-19(18)25-5-3-16(4-6-25)14-24-7-9-30-10-8-24/h11-13,15-16H,3-10,14H2,1-2H3. The minimum atomic E-state index is -0.392. The number of nitrogens with zero attached hydrogens (tertiary/aromatic N) is 5. The molecule has 0 unspecified atom stereocenters. The Kier molecular flexibility index (Phi) is 6.19. The quantitative estimate of drug-likeness (QED) is 0.529. The first-order valence-corrected chi connectivity index (χ1v) is 10.5. The molecule has 0 bridgehead atoms. The van der Waals surface area contributed by atoms with E-state index >= 15 is 0 Å². The number of piperidine rings is 1. The molecule has 0 atom stereocenters. The first-order valence-electron chi connectivity index (χ1n) is 10.5. The Morgan fingerprint density at radius 3 is 2.57 bits per heavy atom.